The van der Waals surface area contributed by atoms with Crippen LogP contribution < -0.4 is 0 Å². The molecule has 0 amide bonds. The molecule has 0 aliphatic carbocycles. The van der Waals surface area contributed by atoms with Gasteiger partial charge in [-0.15, -0.1) is 0 Å². The maximum absolute atomic E-state index is 10.0. The Kier molecular flexibility index (Phi) is 3.22. The summed E-state index contributed by atoms with van der Waals surface area (Å²) >= 11 is 5.89. The molecule has 2 aromatic rings. The molecule has 0 bridgehead atoms. The van der Waals surface area contributed by atoms with Gasteiger partial charge >= 0.3 is 0 Å². The minimum Gasteiger partial charge on any atom is -0.458 e. The topological polar surface area (TPSA) is 33.4 Å². The highest BCUT2D eigenvalue weighted by Gasteiger charge is 2.18. The van der Waals surface area contributed by atoms with Crippen molar-refractivity contribution in [3.8, 4) is 0 Å². The number of benzene rings is 1. The predicted octanol–water partition coefficient (Wildman–Crippen LogP) is 4.17. The van der Waals surface area contributed by atoms with Crippen molar-refractivity contribution in [2.45, 2.75) is 26.4 Å². The molecule has 0 fully saturated rings. The van der Waals surface area contributed by atoms with E-state index in [0.717, 1.165) is 17.4 Å². The van der Waals surface area contributed by atoms with Gasteiger partial charge in [0.25, 0.3) is 0 Å². The lowest BCUT2D eigenvalue weighted by Crippen LogP contribution is -2.06. The van der Waals surface area contributed by atoms with E-state index in [-0.39, 0.29) is 5.92 Å². The normalized spacial score (nSPS) is 15.2. The Labute approximate surface area is 99.8 Å². The Bertz CT molecular complexity index is 490. The maximum atomic E-state index is 10.0. The minimum absolute atomic E-state index is 0.191. The fourth-order valence-electron chi connectivity index (χ4n) is 1.68. The first-order valence-corrected chi connectivity index (χ1v) is 5.86. The van der Waals surface area contributed by atoms with Crippen LogP contribution in [0.5, 0.6) is 0 Å². The van der Waals surface area contributed by atoms with Crippen LogP contribution in [0.25, 0.3) is 11.0 Å². The standard InChI is InChI=1S/C13H15ClO2/c1-3-8(2)13(15)12-7-9-6-10(14)4-5-11(9)16-12/h4-8,13,15H,3H2,1-2H3/t8-,13?/m1/s1. The van der Waals surface area contributed by atoms with Gasteiger partial charge in [0.2, 0.25) is 0 Å². The van der Waals surface area contributed by atoms with Gasteiger partial charge in [0.15, 0.2) is 0 Å². The van der Waals surface area contributed by atoms with Crippen LogP contribution >= 0.6 is 11.6 Å². The van der Waals surface area contributed by atoms with E-state index in [2.05, 4.69) is 0 Å². The Morgan fingerprint density at radius 1 is 1.38 bits per heavy atom. The van der Waals surface area contributed by atoms with Gasteiger partial charge in [-0.2, -0.15) is 0 Å². The third-order valence-electron chi connectivity index (χ3n) is 2.97. The highest BCUT2D eigenvalue weighted by Crippen LogP contribution is 2.30. The molecule has 0 aliphatic heterocycles. The number of fused-ring (bicyclic) bond motifs is 1. The largest absolute Gasteiger partial charge is 0.458 e. The van der Waals surface area contributed by atoms with E-state index in [1.54, 1.807) is 6.07 Å². The second-order valence-electron chi connectivity index (χ2n) is 4.16. The SMILES string of the molecule is CC[C@@H](C)C(O)c1cc2cc(Cl)ccc2o1. The summed E-state index contributed by atoms with van der Waals surface area (Å²) in [7, 11) is 0. The molecule has 1 N–H and O–H groups in total. The first kappa shape index (κ1) is 11.5. The molecule has 1 aromatic heterocycles. The molecule has 0 saturated carbocycles. The summed E-state index contributed by atoms with van der Waals surface area (Å²) in [6.45, 7) is 4.05. The molecule has 0 spiro atoms. The van der Waals surface area contributed by atoms with Gasteiger partial charge in [-0.05, 0) is 30.2 Å². The van der Waals surface area contributed by atoms with Crippen LogP contribution in [-0.4, -0.2) is 5.11 Å². The molecule has 0 radical (unpaired) electrons. The quantitative estimate of drug-likeness (QED) is 0.871. The Morgan fingerprint density at radius 2 is 2.12 bits per heavy atom. The Hall–Kier alpha value is -0.990. The summed E-state index contributed by atoms with van der Waals surface area (Å²) in [5, 5.41) is 11.6. The molecule has 2 rings (SSSR count). The third kappa shape index (κ3) is 2.08. The van der Waals surface area contributed by atoms with Crippen molar-refractivity contribution in [3.63, 3.8) is 0 Å². The number of hydrogen-bond acceptors (Lipinski definition) is 2. The van der Waals surface area contributed by atoms with Gasteiger partial charge < -0.3 is 9.52 Å². The van der Waals surface area contributed by atoms with Crippen molar-refractivity contribution in [1.82, 2.24) is 0 Å². The zero-order valence-electron chi connectivity index (χ0n) is 9.40. The van der Waals surface area contributed by atoms with Crippen LogP contribution in [0.4, 0.5) is 0 Å². The first-order chi connectivity index (χ1) is 7.61. The van der Waals surface area contributed by atoms with Crippen molar-refractivity contribution >= 4 is 22.6 Å². The number of rotatable bonds is 3. The fourth-order valence-corrected chi connectivity index (χ4v) is 1.86. The van der Waals surface area contributed by atoms with Crippen molar-refractivity contribution in [2.24, 2.45) is 5.92 Å². The van der Waals surface area contributed by atoms with Crippen molar-refractivity contribution in [2.75, 3.05) is 0 Å². The molecular formula is C13H15ClO2. The summed E-state index contributed by atoms with van der Waals surface area (Å²) in [4.78, 5) is 0. The average molecular weight is 239 g/mol. The predicted molar refractivity (Wildman–Crippen MR) is 65.6 cm³/mol. The zero-order chi connectivity index (χ0) is 11.7. The number of halogens is 1. The van der Waals surface area contributed by atoms with Gasteiger partial charge in [-0.25, -0.2) is 0 Å². The summed E-state index contributed by atoms with van der Waals surface area (Å²) in [6, 6.07) is 7.31. The monoisotopic (exact) mass is 238 g/mol. The molecule has 2 atom stereocenters. The minimum atomic E-state index is -0.545. The Morgan fingerprint density at radius 3 is 2.81 bits per heavy atom. The van der Waals surface area contributed by atoms with E-state index in [1.165, 1.54) is 0 Å². The number of furan rings is 1. The number of aliphatic hydroxyl groups excluding tert-OH is 1. The molecule has 0 saturated heterocycles. The maximum Gasteiger partial charge on any atom is 0.134 e. The summed E-state index contributed by atoms with van der Waals surface area (Å²) in [6.07, 6.45) is 0.370. The van der Waals surface area contributed by atoms with Gasteiger partial charge in [-0.1, -0.05) is 31.9 Å². The fraction of sp³-hybridized carbons (Fsp3) is 0.385. The van der Waals surface area contributed by atoms with E-state index < -0.39 is 6.10 Å². The van der Waals surface area contributed by atoms with Crippen molar-refractivity contribution in [1.29, 1.82) is 0 Å². The van der Waals surface area contributed by atoms with Crippen molar-refractivity contribution < 1.29 is 9.52 Å². The molecule has 3 heteroatoms. The van der Waals surface area contributed by atoms with E-state index in [1.807, 2.05) is 32.0 Å². The number of aliphatic hydroxyl groups is 1. The van der Waals surface area contributed by atoms with Gasteiger partial charge in [0.05, 0.1) is 0 Å². The first-order valence-electron chi connectivity index (χ1n) is 5.49. The van der Waals surface area contributed by atoms with E-state index in [9.17, 15) is 5.11 Å². The van der Waals surface area contributed by atoms with Crippen LogP contribution in [0, 0.1) is 5.92 Å². The van der Waals surface area contributed by atoms with Crippen LogP contribution in [0.2, 0.25) is 5.02 Å². The molecule has 1 unspecified atom stereocenters. The van der Waals surface area contributed by atoms with Gasteiger partial charge in [0, 0.05) is 10.4 Å². The summed E-state index contributed by atoms with van der Waals surface area (Å²) in [5.41, 5.74) is 0.766. The average Bonchev–Trinajstić information content (AvgIpc) is 2.69. The molecule has 0 aliphatic rings. The lowest BCUT2D eigenvalue weighted by Gasteiger charge is -2.13. The lowest BCUT2D eigenvalue weighted by molar-refractivity contribution is 0.0941. The van der Waals surface area contributed by atoms with Crippen LogP contribution in [-0.2, 0) is 0 Å². The molecule has 1 heterocycles. The van der Waals surface area contributed by atoms with Gasteiger partial charge in [0.1, 0.15) is 17.4 Å². The highest BCUT2D eigenvalue weighted by atomic mass is 35.5. The van der Waals surface area contributed by atoms with Crippen molar-refractivity contribution in [3.05, 3.63) is 35.0 Å². The van der Waals surface area contributed by atoms with Crippen LogP contribution in [0.3, 0.4) is 0 Å². The summed E-state index contributed by atoms with van der Waals surface area (Å²) < 4.78 is 5.60. The third-order valence-corrected chi connectivity index (χ3v) is 3.21. The van der Waals surface area contributed by atoms with E-state index in [0.29, 0.717) is 10.8 Å². The molecule has 86 valence electrons. The Balaban J connectivity index is 2.39. The van der Waals surface area contributed by atoms with Crippen LogP contribution in [0.15, 0.2) is 28.7 Å². The molecule has 2 nitrogen and oxygen atoms in total. The summed E-state index contributed by atoms with van der Waals surface area (Å²) in [5.74, 6) is 0.808. The van der Waals surface area contributed by atoms with Crippen LogP contribution in [0.1, 0.15) is 32.1 Å². The zero-order valence-corrected chi connectivity index (χ0v) is 10.2. The highest BCUT2D eigenvalue weighted by molar-refractivity contribution is 6.31. The van der Waals surface area contributed by atoms with Gasteiger partial charge in [-0.3, -0.25) is 0 Å². The van der Waals surface area contributed by atoms with E-state index in [4.69, 9.17) is 16.0 Å². The molecule has 1 aromatic carbocycles. The number of hydrogen-bond donors (Lipinski definition) is 1. The lowest BCUT2D eigenvalue weighted by atomic mass is 10.00. The second kappa shape index (κ2) is 4.48. The smallest absolute Gasteiger partial charge is 0.134 e. The molecular weight excluding hydrogens is 224 g/mol. The molecule has 16 heavy (non-hydrogen) atoms. The van der Waals surface area contributed by atoms with E-state index >= 15 is 0 Å². The second-order valence-corrected chi connectivity index (χ2v) is 4.60.